The average molecular weight is 1260 g/mol. The molecule has 21 nitrogen and oxygen atoms in total. The molecule has 0 bridgehead atoms. The highest BCUT2D eigenvalue weighted by molar-refractivity contribution is 7.93. The van der Waals surface area contributed by atoms with Gasteiger partial charge in [-0.1, -0.05) is 35.6 Å². The maximum Gasteiger partial charge on any atom is 0.472 e. The number of sulfone groups is 1. The lowest BCUT2D eigenvalue weighted by molar-refractivity contribution is -0.143. The van der Waals surface area contributed by atoms with E-state index in [0.717, 1.165) is 35.4 Å². The number of hydrogen-bond acceptors (Lipinski definition) is 13. The second kappa shape index (κ2) is 22.5. The van der Waals surface area contributed by atoms with Crippen LogP contribution < -0.4 is 14.9 Å². The Kier molecular flexibility index (Phi) is 16.9. The Bertz CT molecular complexity index is 3770. The van der Waals surface area contributed by atoms with Crippen LogP contribution in [-0.4, -0.2) is 123 Å². The number of ether oxygens (including phenoxy) is 1. The van der Waals surface area contributed by atoms with Crippen molar-refractivity contribution in [3.63, 3.8) is 0 Å². The molecule has 2 aliphatic carbocycles. The quantitative estimate of drug-likeness (QED) is 0.0268. The summed E-state index contributed by atoms with van der Waals surface area (Å²) in [6.45, 7) is -2.55. The number of pyridine rings is 1. The van der Waals surface area contributed by atoms with E-state index < -0.39 is 182 Å². The van der Waals surface area contributed by atoms with Gasteiger partial charge in [0.05, 0.1) is 50.6 Å². The van der Waals surface area contributed by atoms with Gasteiger partial charge in [-0.25, -0.2) is 44.3 Å². The predicted octanol–water partition coefficient (Wildman–Crippen LogP) is 7.63. The molecule has 2 aromatic carbocycles. The number of benzene rings is 2. The van der Waals surface area contributed by atoms with Crippen molar-refractivity contribution in [2.24, 2.45) is 5.92 Å². The van der Waals surface area contributed by atoms with Gasteiger partial charge in [-0.05, 0) is 75.8 Å². The molecular weight excluding hydrogens is 1220 g/mol. The minimum absolute atomic E-state index is 0.000845. The minimum Gasteiger partial charge on any atom is -0.422 e. The van der Waals surface area contributed by atoms with Gasteiger partial charge >= 0.3 is 38.2 Å². The molecule has 0 unspecified atom stereocenters. The summed E-state index contributed by atoms with van der Waals surface area (Å²) in [5, 5.41) is 10.9. The molecule has 3 aliphatic rings. The van der Waals surface area contributed by atoms with E-state index in [1.165, 1.54) is 26.0 Å². The van der Waals surface area contributed by atoms with Crippen molar-refractivity contribution < 1.29 is 98.7 Å². The number of rotatable bonds is 19. The smallest absolute Gasteiger partial charge is 0.422 e. The van der Waals surface area contributed by atoms with E-state index in [-0.39, 0.29) is 68.3 Å². The number of nitrogens with zero attached hydrogens (tertiary/aromatic N) is 7. The van der Waals surface area contributed by atoms with E-state index in [1.807, 2.05) is 0 Å². The van der Waals surface area contributed by atoms with Crippen LogP contribution in [0.4, 0.5) is 59.3 Å². The van der Waals surface area contributed by atoms with Gasteiger partial charge < -0.3 is 30.1 Å². The van der Waals surface area contributed by atoms with Gasteiger partial charge in [0.2, 0.25) is 22.7 Å². The number of amides is 4. The zero-order chi connectivity index (χ0) is 61.3. The fourth-order valence-electron chi connectivity index (χ4n) is 9.81. The topological polar surface area (TPSA) is 275 Å². The maximum absolute atomic E-state index is 15.9. The highest BCUT2D eigenvalue weighted by Crippen LogP contribution is 2.58. The van der Waals surface area contributed by atoms with Crippen LogP contribution in [0.5, 0.6) is 0 Å². The molecule has 3 aromatic heterocycles. The Morgan fingerprint density at radius 3 is 2.22 bits per heavy atom. The first-order valence-corrected chi connectivity index (χ1v) is 30.1. The summed E-state index contributed by atoms with van der Waals surface area (Å²) in [5.41, 5.74) is -6.05. The average Bonchev–Trinajstić information content (AvgIpc) is 1.62. The number of aromatic nitrogens is 5. The van der Waals surface area contributed by atoms with Gasteiger partial charge in [0.25, 0.3) is 0 Å². The van der Waals surface area contributed by atoms with Gasteiger partial charge in [-0.15, -0.1) is 0 Å². The van der Waals surface area contributed by atoms with E-state index in [9.17, 15) is 70.9 Å². The highest BCUT2D eigenvalue weighted by Gasteiger charge is 2.62. The number of halogens is 11. The minimum atomic E-state index is -5.32. The number of likely N-dealkylation sites (tertiary alicyclic amines) is 1. The second-order valence-electron chi connectivity index (χ2n) is 20.3. The van der Waals surface area contributed by atoms with Crippen LogP contribution in [0.1, 0.15) is 79.0 Å². The molecule has 35 heteroatoms. The van der Waals surface area contributed by atoms with Crippen LogP contribution in [0.15, 0.2) is 42.5 Å². The number of alkyl carbamates (subject to hydrolysis) is 1. The van der Waals surface area contributed by atoms with Crippen LogP contribution in [-0.2, 0) is 76.5 Å². The SMILES string of the molecule is CC(C)(CCc1ccc(-c2ccc(Cl)c3c(N(C(=O)N4CCC[C@H]4CNC(=O)OCOP(=O)(O)O)S(C)(=O)=O)nn(CC(F)(F)F)c23)c([C@H](Cc2cc(F)cc(F)c2)NC(=O)Cn2nc(C(F)(F)F)c3c2C(F)(F)[C@@H]2C#C[C@H]32)n1)S(C)(=O)=O. The van der Waals surface area contributed by atoms with E-state index in [0.29, 0.717) is 12.3 Å². The molecule has 1 fully saturated rings. The highest BCUT2D eigenvalue weighted by atomic mass is 35.5. The molecular formula is C48H47ClF10N9O12PS2. The molecule has 5 aromatic rings. The van der Waals surface area contributed by atoms with Crippen molar-refractivity contribution in [3.8, 4) is 23.0 Å². The maximum atomic E-state index is 15.9. The monoisotopic (exact) mass is 1260 g/mol. The van der Waals surface area contributed by atoms with Gasteiger partial charge in [0.1, 0.15) is 36.3 Å². The number of phosphoric acid groups is 1. The normalized spacial score (nSPS) is 18.2. The number of phosphoric ester groups is 1. The zero-order valence-corrected chi connectivity index (χ0v) is 46.7. The number of anilines is 1. The van der Waals surface area contributed by atoms with Crippen molar-refractivity contribution in [2.75, 3.05) is 36.7 Å². The third-order valence-corrected chi connectivity index (χ3v) is 17.9. The Balaban J connectivity index is 1.29. The summed E-state index contributed by atoms with van der Waals surface area (Å²) >= 11 is 6.76. The Labute approximate surface area is 469 Å². The fraction of sp³-hybridized carbons (Fsp3) is 0.458. The van der Waals surface area contributed by atoms with Crippen LogP contribution in [0.25, 0.3) is 22.0 Å². The Morgan fingerprint density at radius 2 is 1.63 bits per heavy atom. The lowest BCUT2D eigenvalue weighted by Gasteiger charge is -2.29. The first-order chi connectivity index (χ1) is 38.3. The number of urea groups is 1. The van der Waals surface area contributed by atoms with Gasteiger partial charge in [0, 0.05) is 47.8 Å². The summed E-state index contributed by atoms with van der Waals surface area (Å²) in [7, 11) is -13.8. The molecule has 83 heavy (non-hydrogen) atoms. The number of hydrogen-bond donors (Lipinski definition) is 4. The molecule has 4 heterocycles. The van der Waals surface area contributed by atoms with E-state index in [4.69, 9.17) is 26.4 Å². The first kappa shape index (κ1) is 62.5. The largest absolute Gasteiger partial charge is 0.472 e. The van der Waals surface area contributed by atoms with Crippen molar-refractivity contribution in [1.82, 2.24) is 40.1 Å². The van der Waals surface area contributed by atoms with Gasteiger partial charge in [-0.2, -0.15) is 49.6 Å². The molecule has 0 spiro atoms. The molecule has 4 amide bonds. The zero-order valence-electron chi connectivity index (χ0n) is 43.5. The number of sulfonamides is 1. The van der Waals surface area contributed by atoms with Crippen LogP contribution in [0.3, 0.4) is 0 Å². The summed E-state index contributed by atoms with van der Waals surface area (Å²) < 4.78 is 221. The number of aryl methyl sites for hydroxylation is 1. The van der Waals surface area contributed by atoms with Crippen molar-refractivity contribution in [2.45, 2.75) is 100 Å². The number of carbonyl (C=O) groups excluding carboxylic acids is 3. The Hall–Kier alpha value is -6.56. The molecule has 4 atom stereocenters. The van der Waals surface area contributed by atoms with Crippen LogP contribution >= 0.6 is 19.4 Å². The predicted molar refractivity (Wildman–Crippen MR) is 272 cm³/mol. The standard InChI is InChI=1S/C48H47ClF10N9O12PS2/c1-45(2,82(3,75)76)14-13-27-7-8-29(38(61-27)34(18-24-16-25(50)19-26(51)17-24)62-35(69)21-66-41-36(40(63-66)48(57,58)59)31-9-11-32(31)47(41,55)56)30-10-12-33(49)37-39(30)67(22-46(52,53)54)64-42(37)68(83(4,77)78)44(71)65-15-5-6-28(65)20-60-43(70)79-23-80-81(72,73)74/h7-8,10,12,16-17,19,28,31-32,34H,5-6,13-15,18,20-23H2,1-4H3,(H,60,70)(H,62,69)(H2,72,73,74)/t28-,31-,32+,34-/m0/s1. The number of fused-ring (bicyclic) bond motifs is 4. The van der Waals surface area contributed by atoms with E-state index in [1.54, 1.807) is 0 Å². The molecule has 0 saturated carbocycles. The number of nitrogens with one attached hydrogen (secondary N) is 2. The number of carbonyl (C=O) groups is 3. The van der Waals surface area contributed by atoms with Crippen LogP contribution in [0.2, 0.25) is 5.02 Å². The third kappa shape index (κ3) is 13.4. The second-order valence-corrected chi connectivity index (χ2v) is 26.4. The molecule has 1 saturated heterocycles. The van der Waals surface area contributed by atoms with Gasteiger partial charge in [0.15, 0.2) is 21.3 Å². The third-order valence-electron chi connectivity index (χ3n) is 13.9. The van der Waals surface area contributed by atoms with E-state index in [2.05, 4.69) is 41.9 Å². The molecule has 450 valence electrons. The summed E-state index contributed by atoms with van der Waals surface area (Å²) in [6.07, 6.45) is -11.2. The lowest BCUT2D eigenvalue weighted by Crippen LogP contribution is -2.51. The first-order valence-electron chi connectivity index (χ1n) is 24.4. The van der Waals surface area contributed by atoms with E-state index >= 15 is 8.78 Å². The van der Waals surface area contributed by atoms with Crippen molar-refractivity contribution >= 4 is 74.0 Å². The van der Waals surface area contributed by atoms with Crippen molar-refractivity contribution in [3.05, 3.63) is 93.0 Å². The summed E-state index contributed by atoms with van der Waals surface area (Å²) in [4.78, 5) is 64.7. The molecule has 8 rings (SSSR count). The van der Waals surface area contributed by atoms with Crippen molar-refractivity contribution in [1.29, 1.82) is 0 Å². The summed E-state index contributed by atoms with van der Waals surface area (Å²) in [5.74, 6) is -7.85. The number of alkyl halides is 8. The van der Waals surface area contributed by atoms with Gasteiger partial charge in [-0.3, -0.25) is 19.1 Å². The Morgan fingerprint density at radius 1 is 0.964 bits per heavy atom. The molecule has 4 N–H and O–H groups in total. The fourth-order valence-corrected chi connectivity index (χ4v) is 11.5. The molecule has 0 radical (unpaired) electrons. The summed E-state index contributed by atoms with van der Waals surface area (Å²) in [6, 6.07) is 2.40. The molecule has 1 aliphatic heterocycles. The lowest BCUT2D eigenvalue weighted by atomic mass is 9.84. The van der Waals surface area contributed by atoms with Crippen LogP contribution in [0, 0.1) is 29.4 Å².